The number of nitrogens with one attached hydrogen (secondary N) is 3. The molecule has 15 aliphatic carbocycles. The van der Waals surface area contributed by atoms with Gasteiger partial charge in [-0.25, -0.2) is 14.0 Å². The third-order valence-electron chi connectivity index (χ3n) is 46.0. The Morgan fingerprint density at radius 2 is 0.596 bits per heavy atom. The molecule has 24 heteroatoms. The van der Waals surface area contributed by atoms with E-state index in [1.807, 2.05) is 18.2 Å². The Balaban J connectivity index is 0.460. The smallest absolute Gasteiger partial charge is 0.253 e. The van der Waals surface area contributed by atoms with Crippen molar-refractivity contribution in [1.29, 1.82) is 0 Å². The second kappa shape index (κ2) is 37.0. The Bertz CT molecular complexity index is 4850. The number of rotatable bonds is 30. The minimum absolute atomic E-state index is 0.0138. The Labute approximate surface area is 843 Å². The highest BCUT2D eigenvalue weighted by atomic mass is 16.5. The van der Waals surface area contributed by atoms with Crippen LogP contribution in [0.2, 0.25) is 0 Å². The zero-order chi connectivity index (χ0) is 100. The van der Waals surface area contributed by atoms with E-state index in [1.165, 1.54) is 19.3 Å². The molecule has 24 nitrogen and oxygen atoms in total. The third kappa shape index (κ3) is 17.3. The van der Waals surface area contributed by atoms with E-state index in [0.29, 0.717) is 132 Å². The molecule has 0 unspecified atom stereocenters. The van der Waals surface area contributed by atoms with Gasteiger partial charge in [0.2, 0.25) is 17.7 Å². The molecular formula is C117H180N12O12. The van der Waals surface area contributed by atoms with E-state index >= 15 is 0 Å². The molecular weight excluding hydrogens is 1770 g/mol. The summed E-state index contributed by atoms with van der Waals surface area (Å²) in [6.45, 7) is 57.2. The Kier molecular flexibility index (Phi) is 27.0. The molecule has 0 radical (unpaired) electrons. The fourth-order valence-electron chi connectivity index (χ4n) is 36.9. The summed E-state index contributed by atoms with van der Waals surface area (Å²) in [5, 5.41) is 70.7. The van der Waals surface area contributed by atoms with Gasteiger partial charge in [-0.2, -0.15) is 0 Å². The average Bonchev–Trinajstić information content (AvgIpc) is 1.24. The van der Waals surface area contributed by atoms with Crippen molar-refractivity contribution in [3.8, 4) is 17.6 Å². The maximum absolute atomic E-state index is 15.0. The molecule has 12 fully saturated rings. The molecule has 0 spiro atoms. The van der Waals surface area contributed by atoms with Crippen LogP contribution in [0.1, 0.15) is 355 Å². The summed E-state index contributed by atoms with van der Waals surface area (Å²) in [7, 11) is 0. The molecule has 19 rings (SSSR count). The molecule has 4 aromatic rings. The van der Waals surface area contributed by atoms with Crippen LogP contribution in [0, 0.1) is 151 Å². The van der Waals surface area contributed by atoms with E-state index in [0.717, 1.165) is 190 Å². The van der Waals surface area contributed by atoms with Crippen LogP contribution in [0.5, 0.6) is 17.6 Å². The number of hydrogen-bond acceptors (Lipinski definition) is 18. The summed E-state index contributed by atoms with van der Waals surface area (Å²) in [4.78, 5) is 45.0. The van der Waals surface area contributed by atoms with E-state index in [-0.39, 0.29) is 155 Å². The summed E-state index contributed by atoms with van der Waals surface area (Å²) in [6, 6.07) is 6.10. The Hall–Kier alpha value is -6.57. The molecule has 1 aromatic carbocycles. The highest BCUT2D eigenvalue weighted by Crippen LogP contribution is 2.81. The molecule has 141 heavy (non-hydrogen) atoms. The first kappa shape index (κ1) is 103. The van der Waals surface area contributed by atoms with Gasteiger partial charge in [0.25, 0.3) is 17.6 Å². The number of aromatic nitrogens is 9. The zero-order valence-corrected chi connectivity index (χ0v) is 90.5. The van der Waals surface area contributed by atoms with Gasteiger partial charge < -0.3 is 59.7 Å². The van der Waals surface area contributed by atoms with Crippen LogP contribution in [0.15, 0.2) is 71.7 Å². The monoisotopic (exact) mass is 1950 g/mol. The van der Waals surface area contributed by atoms with E-state index in [9.17, 15) is 29.7 Å². The van der Waals surface area contributed by atoms with Gasteiger partial charge in [-0.1, -0.05) is 211 Å². The summed E-state index contributed by atoms with van der Waals surface area (Å²) >= 11 is 0. The number of carbonyl (C=O) groups is 3. The molecule has 0 aliphatic heterocycles. The first-order chi connectivity index (χ1) is 66.4. The summed E-state index contributed by atoms with van der Waals surface area (Å²) in [6.07, 6.45) is 43.2. The summed E-state index contributed by atoms with van der Waals surface area (Å²) < 4.78 is 43.0. The van der Waals surface area contributed by atoms with E-state index in [1.54, 1.807) is 49.4 Å². The van der Waals surface area contributed by atoms with Crippen molar-refractivity contribution in [2.24, 2.45) is 151 Å². The zero-order valence-electron chi connectivity index (χ0n) is 90.5. The molecule has 3 aromatic heterocycles. The number of allylic oxidation sites excluding steroid dienone is 6. The molecule has 15 aliphatic rings. The molecule has 12 saturated carbocycles. The van der Waals surface area contributed by atoms with E-state index < -0.39 is 16.2 Å². The van der Waals surface area contributed by atoms with Crippen molar-refractivity contribution < 1.29 is 58.1 Å². The van der Waals surface area contributed by atoms with Crippen LogP contribution in [-0.4, -0.2) is 156 Å². The van der Waals surface area contributed by atoms with E-state index in [4.69, 9.17) is 28.4 Å². The number of ether oxygens (including phenoxy) is 6. The average molecular weight is 1950 g/mol. The fourth-order valence-corrected chi connectivity index (χ4v) is 36.9. The highest BCUT2D eigenvalue weighted by molar-refractivity contribution is 5.86. The van der Waals surface area contributed by atoms with Crippen LogP contribution in [-0.2, 0) is 68.0 Å². The largest absolute Gasteiger partial charge is 0.471 e. The number of aliphatic hydroxyl groups is 3. The maximum Gasteiger partial charge on any atom is 0.253 e. The number of benzene rings is 1. The fraction of sp³-hybridized carbons (Fsp3) is 0.821. The highest BCUT2D eigenvalue weighted by Gasteiger charge is 2.74. The number of amides is 3. The van der Waals surface area contributed by atoms with Crippen LogP contribution >= 0.6 is 0 Å². The van der Waals surface area contributed by atoms with E-state index in [2.05, 4.69) is 211 Å². The normalized spacial score (nSPS) is 40.5. The SMILES string of the molecule is CC1(C)CC[C@]2(C(=O)NCCOCCn3cc(OCc4cc(COc5cn(CCOCCNC(=O)[C@]67CCC(C)(C)C[C@H]6C6=CC[C@@H]8[C@@]9(C)CC[C@H](O)C(C)(C)[C@@H]9CC[C@@]8(C)[C@]6(C)CC7)nn5)cc(COc5cn(CCOCCNC(=O)[C@]67CCC(C)(C)C[C@H]6C6=CC[C@@H]8[C@@]9(C)CC[C@H](O)C(C)(C)[C@@H]9CC[C@@]8(C)[C@]6(C)CC7)nn5)c4)nn3)CC[C@]3(C)C(=CC[C@@H]4[C@@]5(C)CC[C@H](O)C(C)(C)[C@@H]5CC[C@]43C)[C@@H]2C1. The van der Waals surface area contributed by atoms with Gasteiger partial charge >= 0.3 is 0 Å². The lowest BCUT2D eigenvalue weighted by Crippen LogP contribution is -2.65. The molecule has 6 N–H and O–H groups in total. The second-order valence-electron chi connectivity index (χ2n) is 55.3. The van der Waals surface area contributed by atoms with Gasteiger partial charge in [-0.3, -0.25) is 14.4 Å². The Morgan fingerprint density at radius 3 is 0.865 bits per heavy atom. The number of nitrogens with zero attached hydrogens (tertiary/aromatic N) is 9. The number of fused-ring (bicyclic) bond motifs is 21. The van der Waals surface area contributed by atoms with Crippen molar-refractivity contribution in [3.63, 3.8) is 0 Å². The van der Waals surface area contributed by atoms with Crippen molar-refractivity contribution in [3.05, 3.63) is 88.4 Å². The maximum atomic E-state index is 15.0. The van der Waals surface area contributed by atoms with Gasteiger partial charge in [0.15, 0.2) is 0 Å². The standard InChI is InChI=1S/C117H180N12O12/c1-100(2)40-46-115(49-43-109(16)79(82(115)67-100)22-25-88-106(13)34-31-91(130)103(7,8)85(106)28-37-112(88,109)19)97(133)118-52-58-136-61-55-127-70-94(121-124-127)139-73-76-64-77(74-140-95-71-128(125-122-95)56-62-137-59-53-119-98(134)116-47-41-101(3,4)68-83(116)80-23-26-89-107(14)35-32-92(131)104(9,10)86(107)29-38-113(89,20)110(80,17)44-50-116)66-78(65-76)75-141-96-72-129(126-123-96)57-63-138-60-54-120-99(135)117-48-42-102(5,6)69-84(117)81-24-27-90-108(15)36-33-93(132)105(11,12)87(108)30-39-114(90,21)111(81,18)45-51-117/h22-24,64-66,70-72,82-93,130-132H,25-63,67-69,73-75H2,1-21H3,(H,118,133)(H,119,134)(H,120,135)/t82-,83-,84-,85-,86-,87-,88+,89+,90+,91-,92-,93-,106-,107-,108-,109+,110+,111+,112+,113+,114+,115-,116-,117-/m0/s1. The van der Waals surface area contributed by atoms with Crippen molar-refractivity contribution in [2.75, 3.05) is 59.3 Å². The molecule has 3 amide bonds. The molecule has 24 atom stereocenters. The van der Waals surface area contributed by atoms with Crippen molar-refractivity contribution in [2.45, 2.75) is 396 Å². The quantitative estimate of drug-likeness (QED) is 0.0209. The number of hydrogen-bond donors (Lipinski definition) is 6. The lowest BCUT2D eigenvalue weighted by Gasteiger charge is -2.71. The van der Waals surface area contributed by atoms with Gasteiger partial charge in [-0.05, 0) is 362 Å². The molecule has 3 heterocycles. The minimum atomic E-state index is -0.439. The first-order valence-electron chi connectivity index (χ1n) is 55.9. The van der Waals surface area contributed by atoms with Crippen LogP contribution in [0.4, 0.5) is 0 Å². The summed E-state index contributed by atoms with van der Waals surface area (Å²) in [5.41, 5.74) is 6.98. The number of carbonyl (C=O) groups excluding carboxylic acids is 3. The van der Waals surface area contributed by atoms with Gasteiger partial charge in [-0.15, -0.1) is 0 Å². The van der Waals surface area contributed by atoms with Crippen molar-refractivity contribution in [1.82, 2.24) is 60.9 Å². The van der Waals surface area contributed by atoms with Crippen molar-refractivity contribution >= 4 is 17.7 Å². The Morgan fingerprint density at radius 1 is 0.333 bits per heavy atom. The van der Waals surface area contributed by atoms with Gasteiger partial charge in [0.1, 0.15) is 19.8 Å². The first-order valence-corrected chi connectivity index (χ1v) is 55.9. The molecule has 780 valence electrons. The molecule has 0 bridgehead atoms. The van der Waals surface area contributed by atoms with Gasteiger partial charge in [0, 0.05) is 19.6 Å². The lowest BCUT2D eigenvalue weighted by atomic mass is 9.33. The lowest BCUT2D eigenvalue weighted by molar-refractivity contribution is -0.203. The predicted octanol–water partition coefficient (Wildman–Crippen LogP) is 21.1. The summed E-state index contributed by atoms with van der Waals surface area (Å²) in [5.74, 6) is 5.36. The topological polar surface area (TPSA) is 295 Å². The van der Waals surface area contributed by atoms with Crippen LogP contribution in [0.25, 0.3) is 0 Å². The number of aliphatic hydroxyl groups excluding tert-OH is 3. The minimum Gasteiger partial charge on any atom is -0.471 e. The second-order valence-corrected chi connectivity index (χ2v) is 55.3. The predicted molar refractivity (Wildman–Crippen MR) is 546 cm³/mol. The third-order valence-corrected chi connectivity index (χ3v) is 46.0. The van der Waals surface area contributed by atoms with Crippen LogP contribution in [0.3, 0.4) is 0 Å². The van der Waals surface area contributed by atoms with Gasteiger partial charge in [0.05, 0.1) is 112 Å². The molecule has 0 saturated heterocycles. The van der Waals surface area contributed by atoms with Crippen LogP contribution < -0.4 is 30.2 Å².